The number of aliphatic carboxylic acids is 1. The number of aromatic nitrogens is 2. The third kappa shape index (κ3) is 10.1. The lowest BCUT2D eigenvalue weighted by molar-refractivity contribution is -0.142. The molecule has 14 heteroatoms. The zero-order chi connectivity index (χ0) is 25.0. The average Bonchev–Trinajstić information content (AvgIpc) is 3.25. The van der Waals surface area contributed by atoms with Gasteiger partial charge in [-0.05, 0) is 26.3 Å². The van der Waals surface area contributed by atoms with Gasteiger partial charge in [0.1, 0.15) is 18.1 Å². The van der Waals surface area contributed by atoms with Crippen molar-refractivity contribution in [2.75, 3.05) is 6.54 Å². The second-order valence-electron chi connectivity index (χ2n) is 7.53. The van der Waals surface area contributed by atoms with E-state index in [1.54, 1.807) is 0 Å². The molecule has 4 unspecified atom stereocenters. The maximum absolute atomic E-state index is 12.6. The first kappa shape index (κ1) is 27.5. The molecule has 0 saturated heterocycles. The Morgan fingerprint density at radius 3 is 2.27 bits per heavy atom. The lowest BCUT2D eigenvalue weighted by Gasteiger charge is -2.23. The fraction of sp³-hybridized carbons (Fsp3) is 0.579. The number of carbonyl (C=O) groups excluding carboxylic acids is 4. The zero-order valence-electron chi connectivity index (χ0n) is 18.4. The van der Waals surface area contributed by atoms with Crippen LogP contribution in [0.5, 0.6) is 0 Å². The van der Waals surface area contributed by atoms with Gasteiger partial charge in [-0.15, -0.1) is 0 Å². The SMILES string of the molecule is CC(NC(=O)C(N)CCCCN)C(=O)NC(CC(N)=O)C(=O)NC(Cc1cnc[nH]1)C(=O)O. The van der Waals surface area contributed by atoms with E-state index in [-0.39, 0.29) is 6.42 Å². The number of carboxylic acids is 1. The Labute approximate surface area is 190 Å². The second kappa shape index (κ2) is 13.8. The number of amides is 4. The van der Waals surface area contributed by atoms with Crippen LogP contribution in [0.2, 0.25) is 0 Å². The molecule has 0 saturated carbocycles. The number of nitrogens with two attached hydrogens (primary N) is 3. The lowest BCUT2D eigenvalue weighted by atomic mass is 10.1. The molecule has 1 heterocycles. The average molecular weight is 469 g/mol. The highest BCUT2D eigenvalue weighted by Crippen LogP contribution is 2.02. The summed E-state index contributed by atoms with van der Waals surface area (Å²) in [7, 11) is 0. The molecule has 4 atom stereocenters. The summed E-state index contributed by atoms with van der Waals surface area (Å²) in [4.78, 5) is 66.7. The number of unbranched alkanes of at least 4 members (excludes halogenated alkanes) is 1. The van der Waals surface area contributed by atoms with Gasteiger partial charge in [-0.1, -0.05) is 6.42 Å². The molecule has 0 spiro atoms. The topological polar surface area (TPSA) is 248 Å². The Balaban J connectivity index is 2.75. The number of nitrogens with zero attached hydrogens (tertiary/aromatic N) is 1. The molecule has 0 aromatic carbocycles. The van der Waals surface area contributed by atoms with Gasteiger partial charge in [-0.25, -0.2) is 9.78 Å². The van der Waals surface area contributed by atoms with E-state index in [0.29, 0.717) is 31.5 Å². The smallest absolute Gasteiger partial charge is 0.326 e. The Morgan fingerprint density at radius 1 is 1.06 bits per heavy atom. The van der Waals surface area contributed by atoms with Gasteiger partial charge in [0.05, 0.1) is 18.8 Å². The van der Waals surface area contributed by atoms with Crippen LogP contribution in [0.4, 0.5) is 0 Å². The molecule has 0 aliphatic heterocycles. The molecule has 1 aromatic heterocycles. The van der Waals surface area contributed by atoms with E-state index in [1.165, 1.54) is 19.4 Å². The van der Waals surface area contributed by atoms with Crippen molar-refractivity contribution in [3.63, 3.8) is 0 Å². The lowest BCUT2D eigenvalue weighted by Crippen LogP contribution is -2.57. The van der Waals surface area contributed by atoms with E-state index in [4.69, 9.17) is 17.2 Å². The number of hydrogen-bond donors (Lipinski definition) is 8. The number of carboxylic acid groups (broad SMARTS) is 1. The van der Waals surface area contributed by atoms with Crippen molar-refractivity contribution in [3.8, 4) is 0 Å². The summed E-state index contributed by atoms with van der Waals surface area (Å²) in [6, 6.07) is -4.72. The van der Waals surface area contributed by atoms with Gasteiger partial charge in [0.2, 0.25) is 23.6 Å². The molecule has 1 rings (SSSR count). The van der Waals surface area contributed by atoms with Gasteiger partial charge < -0.3 is 43.2 Å². The van der Waals surface area contributed by atoms with E-state index >= 15 is 0 Å². The van der Waals surface area contributed by atoms with Crippen molar-refractivity contribution in [1.82, 2.24) is 25.9 Å². The molecule has 184 valence electrons. The van der Waals surface area contributed by atoms with Crippen LogP contribution >= 0.6 is 0 Å². The number of aromatic amines is 1. The maximum Gasteiger partial charge on any atom is 0.326 e. The summed E-state index contributed by atoms with van der Waals surface area (Å²) in [5.74, 6) is -4.48. The van der Waals surface area contributed by atoms with Crippen LogP contribution in [0.15, 0.2) is 12.5 Å². The molecular weight excluding hydrogens is 436 g/mol. The summed E-state index contributed by atoms with van der Waals surface area (Å²) in [5, 5.41) is 16.4. The summed E-state index contributed by atoms with van der Waals surface area (Å²) < 4.78 is 0. The van der Waals surface area contributed by atoms with Gasteiger partial charge in [0.25, 0.3) is 0 Å². The van der Waals surface area contributed by atoms with Gasteiger partial charge in [-0.3, -0.25) is 19.2 Å². The van der Waals surface area contributed by atoms with Crippen LogP contribution in [-0.4, -0.2) is 75.4 Å². The Morgan fingerprint density at radius 2 is 1.73 bits per heavy atom. The molecule has 11 N–H and O–H groups in total. The number of H-pyrrole nitrogens is 1. The number of hydrogen-bond acceptors (Lipinski definition) is 8. The summed E-state index contributed by atoms with van der Waals surface area (Å²) >= 11 is 0. The van der Waals surface area contributed by atoms with E-state index in [9.17, 15) is 29.1 Å². The minimum atomic E-state index is -1.45. The molecule has 0 aliphatic rings. The van der Waals surface area contributed by atoms with Crippen molar-refractivity contribution >= 4 is 29.6 Å². The number of primary amides is 1. The minimum absolute atomic E-state index is 0.104. The van der Waals surface area contributed by atoms with Gasteiger partial charge in [-0.2, -0.15) is 0 Å². The predicted octanol–water partition coefficient (Wildman–Crippen LogP) is -3.16. The second-order valence-corrected chi connectivity index (χ2v) is 7.53. The van der Waals surface area contributed by atoms with Gasteiger partial charge >= 0.3 is 5.97 Å². The van der Waals surface area contributed by atoms with Crippen molar-refractivity contribution < 1.29 is 29.1 Å². The molecule has 0 radical (unpaired) electrons. The molecular formula is C19H32N8O6. The zero-order valence-corrected chi connectivity index (χ0v) is 18.4. The Hall–Kier alpha value is -3.52. The van der Waals surface area contributed by atoms with Gasteiger partial charge in [0.15, 0.2) is 0 Å². The first-order valence-electron chi connectivity index (χ1n) is 10.4. The third-order valence-electron chi connectivity index (χ3n) is 4.69. The monoisotopic (exact) mass is 468 g/mol. The highest BCUT2D eigenvalue weighted by molar-refractivity contribution is 5.95. The first-order valence-corrected chi connectivity index (χ1v) is 10.4. The molecule has 0 fully saturated rings. The van der Waals surface area contributed by atoms with Crippen LogP contribution < -0.4 is 33.2 Å². The van der Waals surface area contributed by atoms with Crippen LogP contribution in [0.1, 0.15) is 38.3 Å². The van der Waals surface area contributed by atoms with Gasteiger partial charge in [0, 0.05) is 18.3 Å². The fourth-order valence-corrected chi connectivity index (χ4v) is 2.82. The quantitative estimate of drug-likeness (QED) is 0.121. The van der Waals surface area contributed by atoms with E-state index < -0.39 is 60.2 Å². The third-order valence-corrected chi connectivity index (χ3v) is 4.69. The Bertz CT molecular complexity index is 815. The highest BCUT2D eigenvalue weighted by Gasteiger charge is 2.30. The van der Waals surface area contributed by atoms with Crippen molar-refractivity contribution in [1.29, 1.82) is 0 Å². The summed E-state index contributed by atoms with van der Waals surface area (Å²) in [6.45, 7) is 1.85. The van der Waals surface area contributed by atoms with Crippen LogP contribution in [0, 0.1) is 0 Å². The number of carbonyl (C=O) groups is 5. The van der Waals surface area contributed by atoms with Crippen molar-refractivity contribution in [3.05, 3.63) is 18.2 Å². The van der Waals surface area contributed by atoms with Crippen LogP contribution in [-0.2, 0) is 30.4 Å². The van der Waals surface area contributed by atoms with E-state index in [0.717, 1.165) is 0 Å². The van der Waals surface area contributed by atoms with Crippen LogP contribution in [0.3, 0.4) is 0 Å². The maximum atomic E-state index is 12.6. The molecule has 0 bridgehead atoms. The number of nitrogens with one attached hydrogen (secondary N) is 4. The molecule has 4 amide bonds. The fourth-order valence-electron chi connectivity index (χ4n) is 2.82. The molecule has 14 nitrogen and oxygen atoms in total. The predicted molar refractivity (Wildman–Crippen MR) is 116 cm³/mol. The van der Waals surface area contributed by atoms with E-state index in [1.807, 2.05) is 0 Å². The standard InChI is InChI=1S/C19H32N8O6/c1-10(25-17(30)12(21)4-2-3-5-20)16(29)26-13(7-15(22)28)18(31)27-14(19(32)33)6-11-8-23-9-24-11/h8-10,12-14H,2-7,20-21H2,1H3,(H2,22,28)(H,23,24)(H,25,30)(H,26,29)(H,27,31)(H,32,33). The highest BCUT2D eigenvalue weighted by atomic mass is 16.4. The number of rotatable bonds is 15. The normalized spacial score (nSPS) is 14.4. The Kier molecular flexibility index (Phi) is 11.5. The van der Waals surface area contributed by atoms with Crippen molar-refractivity contribution in [2.24, 2.45) is 17.2 Å². The number of imidazole rings is 1. The first-order chi connectivity index (χ1) is 15.5. The molecule has 33 heavy (non-hydrogen) atoms. The molecule has 1 aromatic rings. The van der Waals surface area contributed by atoms with Crippen molar-refractivity contribution in [2.45, 2.75) is 63.2 Å². The summed E-state index contributed by atoms with van der Waals surface area (Å²) in [6.07, 6.45) is 3.81. The molecule has 0 aliphatic carbocycles. The summed E-state index contributed by atoms with van der Waals surface area (Å²) in [5.41, 5.74) is 16.8. The van der Waals surface area contributed by atoms with Crippen LogP contribution in [0.25, 0.3) is 0 Å². The largest absolute Gasteiger partial charge is 0.480 e. The van der Waals surface area contributed by atoms with E-state index in [2.05, 4.69) is 25.9 Å². The minimum Gasteiger partial charge on any atom is -0.480 e.